The molecule has 0 aliphatic rings. The summed E-state index contributed by atoms with van der Waals surface area (Å²) < 4.78 is 66.0. The Morgan fingerprint density at radius 2 is 1.86 bits per heavy atom. The molecule has 4 rings (SSSR count). The van der Waals surface area contributed by atoms with Crippen molar-refractivity contribution in [3.63, 3.8) is 0 Å². The maximum atomic E-state index is 14.1. The Morgan fingerprint density at radius 3 is 2.44 bits per heavy atom. The van der Waals surface area contributed by atoms with Crippen molar-refractivity contribution >= 4 is 11.6 Å². The molecule has 11 heteroatoms. The van der Waals surface area contributed by atoms with Gasteiger partial charge in [0.2, 0.25) is 5.91 Å². The summed E-state index contributed by atoms with van der Waals surface area (Å²) in [4.78, 5) is 19.0. The lowest BCUT2D eigenvalue weighted by atomic mass is 10.0. The molecule has 0 saturated carbocycles. The van der Waals surface area contributed by atoms with Gasteiger partial charge in [0.15, 0.2) is 17.1 Å². The van der Waals surface area contributed by atoms with E-state index in [4.69, 9.17) is 9.15 Å². The van der Waals surface area contributed by atoms with Gasteiger partial charge in [0, 0.05) is 24.2 Å². The van der Waals surface area contributed by atoms with Gasteiger partial charge in [0.1, 0.15) is 24.7 Å². The Hall–Kier alpha value is -3.89. The van der Waals surface area contributed by atoms with E-state index in [-0.39, 0.29) is 47.3 Å². The third kappa shape index (κ3) is 5.05. The molecule has 3 aromatic heterocycles. The number of likely N-dealkylation sites (N-methyl/N-ethyl adjacent to an activating group) is 1. The molecule has 0 aliphatic heterocycles. The number of furan rings is 1. The van der Waals surface area contributed by atoms with Crippen molar-refractivity contribution in [1.82, 2.24) is 19.5 Å². The van der Waals surface area contributed by atoms with Gasteiger partial charge in [0.25, 0.3) is 0 Å². The second-order valence-electron chi connectivity index (χ2n) is 7.87. The predicted octanol–water partition coefficient (Wildman–Crippen LogP) is 5.43. The zero-order chi connectivity index (χ0) is 25.9. The molecular weight excluding hydrogens is 480 g/mol. The highest BCUT2D eigenvalue weighted by Gasteiger charge is 2.37. The number of alkyl halides is 4. The van der Waals surface area contributed by atoms with Crippen LogP contribution in [0.3, 0.4) is 0 Å². The zero-order valence-electron chi connectivity index (χ0n) is 19.7. The summed E-state index contributed by atoms with van der Waals surface area (Å²) in [5, 5.41) is 4.26. The van der Waals surface area contributed by atoms with Crippen LogP contribution in [-0.4, -0.2) is 51.8 Å². The molecule has 190 valence electrons. The lowest BCUT2D eigenvalue weighted by Gasteiger charge is -2.18. The number of hydrogen-bond donors (Lipinski definition) is 0. The van der Waals surface area contributed by atoms with Gasteiger partial charge >= 0.3 is 6.18 Å². The van der Waals surface area contributed by atoms with E-state index in [1.165, 1.54) is 12.3 Å². The number of halogens is 4. The monoisotopic (exact) mass is 504 g/mol. The minimum absolute atomic E-state index is 0.0298. The predicted molar refractivity (Wildman–Crippen MR) is 124 cm³/mol. The van der Waals surface area contributed by atoms with Gasteiger partial charge in [-0.3, -0.25) is 4.79 Å². The van der Waals surface area contributed by atoms with Crippen LogP contribution in [0.4, 0.5) is 17.6 Å². The highest BCUT2D eigenvalue weighted by Crippen LogP contribution is 2.36. The van der Waals surface area contributed by atoms with Crippen LogP contribution in [0.1, 0.15) is 25.1 Å². The van der Waals surface area contributed by atoms with Crippen molar-refractivity contribution in [2.24, 2.45) is 0 Å². The van der Waals surface area contributed by atoms with E-state index in [0.29, 0.717) is 24.4 Å². The molecule has 0 unspecified atom stereocenters. The maximum absolute atomic E-state index is 14.1. The molecule has 0 aliphatic carbocycles. The second kappa shape index (κ2) is 10.4. The van der Waals surface area contributed by atoms with Crippen molar-refractivity contribution in [3.8, 4) is 28.5 Å². The van der Waals surface area contributed by atoms with Crippen LogP contribution in [0.5, 0.6) is 5.75 Å². The third-order valence-corrected chi connectivity index (χ3v) is 5.67. The molecule has 4 aromatic rings. The average Bonchev–Trinajstić information content (AvgIpc) is 3.51. The number of fused-ring (bicyclic) bond motifs is 1. The summed E-state index contributed by atoms with van der Waals surface area (Å²) in [7, 11) is 0. The fourth-order valence-corrected chi connectivity index (χ4v) is 3.91. The number of nitrogens with zero attached hydrogens (tertiary/aromatic N) is 4. The van der Waals surface area contributed by atoms with Gasteiger partial charge in [-0.2, -0.15) is 18.3 Å². The van der Waals surface area contributed by atoms with E-state index in [1.807, 2.05) is 13.8 Å². The number of hydrogen-bond acceptors (Lipinski definition) is 5. The number of benzene rings is 1. The van der Waals surface area contributed by atoms with E-state index in [9.17, 15) is 22.4 Å². The topological polar surface area (TPSA) is 72.9 Å². The second-order valence-corrected chi connectivity index (χ2v) is 7.87. The summed E-state index contributed by atoms with van der Waals surface area (Å²) >= 11 is 0. The molecule has 0 N–H and O–H groups in total. The van der Waals surface area contributed by atoms with Crippen LogP contribution in [0.15, 0.2) is 53.1 Å². The van der Waals surface area contributed by atoms with Gasteiger partial charge < -0.3 is 14.1 Å². The van der Waals surface area contributed by atoms with Crippen LogP contribution in [0.25, 0.3) is 28.4 Å². The molecule has 0 fully saturated rings. The van der Waals surface area contributed by atoms with Crippen LogP contribution < -0.4 is 4.74 Å². The largest absolute Gasteiger partial charge is 0.491 e. The molecule has 0 atom stereocenters. The average molecular weight is 504 g/mol. The number of rotatable bonds is 9. The lowest BCUT2D eigenvalue weighted by molar-refractivity contribution is -0.142. The number of carbonyl (C=O) groups is 1. The van der Waals surface area contributed by atoms with Crippen LogP contribution >= 0.6 is 0 Å². The fourth-order valence-electron chi connectivity index (χ4n) is 3.91. The Kier molecular flexibility index (Phi) is 7.27. The first-order valence-electron chi connectivity index (χ1n) is 11.4. The van der Waals surface area contributed by atoms with Crippen molar-refractivity contribution in [1.29, 1.82) is 0 Å². The Labute approximate surface area is 204 Å². The minimum Gasteiger partial charge on any atom is -0.491 e. The van der Waals surface area contributed by atoms with E-state index in [1.54, 1.807) is 35.2 Å². The van der Waals surface area contributed by atoms with Gasteiger partial charge in [-0.05, 0) is 56.3 Å². The Bertz CT molecular complexity index is 1330. The van der Waals surface area contributed by atoms with Gasteiger partial charge in [-0.25, -0.2) is 13.9 Å². The highest BCUT2D eigenvalue weighted by atomic mass is 19.4. The first-order valence-corrected chi connectivity index (χ1v) is 11.4. The van der Waals surface area contributed by atoms with E-state index < -0.39 is 18.5 Å². The highest BCUT2D eigenvalue weighted by molar-refractivity contribution is 5.85. The van der Waals surface area contributed by atoms with Crippen molar-refractivity contribution in [3.05, 3.63) is 60.0 Å². The van der Waals surface area contributed by atoms with Crippen LogP contribution in [0, 0.1) is 0 Å². The van der Waals surface area contributed by atoms with Crippen molar-refractivity contribution in [2.75, 3.05) is 26.4 Å². The molecule has 3 heterocycles. The van der Waals surface area contributed by atoms with E-state index in [2.05, 4.69) is 10.1 Å². The number of aromatic nitrogens is 3. The number of amides is 1. The SMILES string of the molecule is CCN(CC)C(=O)Cc1c(-c2ccc(OCCF)cc2)nn2c(C(F)(F)F)cc(-c3ccco3)nc12. The van der Waals surface area contributed by atoms with E-state index >= 15 is 0 Å². The first kappa shape index (κ1) is 25.2. The number of carbonyl (C=O) groups excluding carboxylic acids is 1. The lowest BCUT2D eigenvalue weighted by Crippen LogP contribution is -2.31. The molecule has 36 heavy (non-hydrogen) atoms. The molecule has 0 radical (unpaired) electrons. The minimum atomic E-state index is -4.75. The van der Waals surface area contributed by atoms with Crippen LogP contribution in [-0.2, 0) is 17.4 Å². The first-order chi connectivity index (χ1) is 17.3. The van der Waals surface area contributed by atoms with Gasteiger partial charge in [-0.15, -0.1) is 0 Å². The van der Waals surface area contributed by atoms with Gasteiger partial charge in [0.05, 0.1) is 18.4 Å². The molecule has 0 saturated heterocycles. The maximum Gasteiger partial charge on any atom is 0.433 e. The quantitative estimate of drug-likeness (QED) is 0.284. The molecule has 1 amide bonds. The van der Waals surface area contributed by atoms with Gasteiger partial charge in [-0.1, -0.05) is 0 Å². The number of ether oxygens (including phenoxy) is 1. The molecule has 7 nitrogen and oxygen atoms in total. The molecule has 0 bridgehead atoms. The summed E-state index contributed by atoms with van der Waals surface area (Å²) in [6, 6.07) is 10.3. The molecule has 1 aromatic carbocycles. The zero-order valence-corrected chi connectivity index (χ0v) is 19.7. The van der Waals surface area contributed by atoms with E-state index in [0.717, 1.165) is 10.6 Å². The standard InChI is InChI=1S/C25H24F4N4O3/c1-3-32(4-2)22(34)14-18-23(16-7-9-17(10-8-16)35-13-11-26)31-33-21(25(27,28)29)15-19(30-24(18)33)20-6-5-12-36-20/h5-10,12,15H,3-4,11,13-14H2,1-2H3. The van der Waals surface area contributed by atoms with Crippen molar-refractivity contribution < 1.29 is 31.5 Å². The summed E-state index contributed by atoms with van der Waals surface area (Å²) in [6.07, 6.45) is -3.61. The molecular formula is C25H24F4N4O3. The fraction of sp³-hybridized carbons (Fsp3) is 0.320. The summed E-state index contributed by atoms with van der Waals surface area (Å²) in [6.45, 7) is 3.77. The van der Waals surface area contributed by atoms with Crippen molar-refractivity contribution in [2.45, 2.75) is 26.4 Å². The Morgan fingerprint density at radius 1 is 1.14 bits per heavy atom. The molecule has 0 spiro atoms. The summed E-state index contributed by atoms with van der Waals surface area (Å²) in [5.41, 5.74) is -0.277. The Balaban J connectivity index is 1.94. The third-order valence-electron chi connectivity index (χ3n) is 5.67. The van der Waals surface area contributed by atoms with Crippen LogP contribution in [0.2, 0.25) is 0 Å². The smallest absolute Gasteiger partial charge is 0.433 e. The normalized spacial score (nSPS) is 11.7. The summed E-state index contributed by atoms with van der Waals surface area (Å²) in [5.74, 6) is 0.286.